The molecule has 0 fully saturated rings. The number of halogens is 1. The molecule has 0 bridgehead atoms. The maximum absolute atomic E-state index is 12.6. The van der Waals surface area contributed by atoms with Gasteiger partial charge in [-0.05, 0) is 45.6 Å². The normalized spacial score (nSPS) is 10.7. The average molecular weight is 455 g/mol. The first-order valence-corrected chi connectivity index (χ1v) is 9.71. The molecule has 0 saturated heterocycles. The number of rotatable bonds is 4. The summed E-state index contributed by atoms with van der Waals surface area (Å²) in [5.74, 6) is 0.187. The van der Waals surface area contributed by atoms with Gasteiger partial charge in [0.25, 0.3) is 5.56 Å². The van der Waals surface area contributed by atoms with Crippen LogP contribution in [-0.2, 0) is 11.2 Å². The number of pyridine rings is 1. The lowest BCUT2D eigenvalue weighted by molar-refractivity contribution is -0.115. The number of hydrogen-bond donors (Lipinski definition) is 3. The van der Waals surface area contributed by atoms with Crippen LogP contribution in [0.25, 0.3) is 22.3 Å². The van der Waals surface area contributed by atoms with Crippen molar-refractivity contribution in [3.05, 3.63) is 61.9 Å². The second-order valence-corrected chi connectivity index (χ2v) is 7.62. The molecular formula is C18H11BrN6O2S. The van der Waals surface area contributed by atoms with E-state index in [0.29, 0.717) is 38.4 Å². The zero-order valence-corrected chi connectivity index (χ0v) is 16.5. The van der Waals surface area contributed by atoms with E-state index in [4.69, 9.17) is 5.26 Å². The summed E-state index contributed by atoms with van der Waals surface area (Å²) in [7, 11) is 0. The number of aromatic nitrogens is 4. The zero-order valence-electron chi connectivity index (χ0n) is 14.1. The number of nitrogens with zero attached hydrogens (tertiary/aromatic N) is 3. The van der Waals surface area contributed by atoms with Crippen LogP contribution in [0.4, 0.5) is 5.00 Å². The van der Waals surface area contributed by atoms with E-state index in [-0.39, 0.29) is 17.9 Å². The highest BCUT2D eigenvalue weighted by molar-refractivity contribution is 9.10. The van der Waals surface area contributed by atoms with Gasteiger partial charge in [-0.25, -0.2) is 4.98 Å². The van der Waals surface area contributed by atoms with E-state index in [0.717, 1.165) is 4.47 Å². The first-order chi connectivity index (χ1) is 13.5. The molecule has 4 rings (SSSR count). The lowest BCUT2D eigenvalue weighted by Crippen LogP contribution is -2.21. The molecule has 0 saturated carbocycles. The van der Waals surface area contributed by atoms with Gasteiger partial charge in [-0.2, -0.15) is 10.4 Å². The van der Waals surface area contributed by atoms with Crippen molar-refractivity contribution in [3.8, 4) is 17.5 Å². The van der Waals surface area contributed by atoms with Gasteiger partial charge in [-0.15, -0.1) is 11.3 Å². The molecule has 0 radical (unpaired) electrons. The molecule has 28 heavy (non-hydrogen) atoms. The Morgan fingerprint density at radius 1 is 1.36 bits per heavy atom. The molecule has 8 nitrogen and oxygen atoms in total. The molecule has 0 aliphatic heterocycles. The number of anilines is 1. The summed E-state index contributed by atoms with van der Waals surface area (Å²) in [6.45, 7) is 0. The van der Waals surface area contributed by atoms with Crippen molar-refractivity contribution in [1.29, 1.82) is 5.26 Å². The maximum Gasteiger partial charge on any atom is 0.252 e. The van der Waals surface area contributed by atoms with Crippen LogP contribution < -0.4 is 10.9 Å². The van der Waals surface area contributed by atoms with Crippen LogP contribution in [0, 0.1) is 11.3 Å². The van der Waals surface area contributed by atoms with Crippen LogP contribution in [0.1, 0.15) is 11.1 Å². The van der Waals surface area contributed by atoms with E-state index in [1.165, 1.54) is 17.7 Å². The first-order valence-electron chi connectivity index (χ1n) is 8.04. The lowest BCUT2D eigenvalue weighted by Gasteiger charge is -2.06. The molecule has 0 unspecified atom stereocenters. The molecule has 3 N–H and O–H groups in total. The molecule has 138 valence electrons. The van der Waals surface area contributed by atoms with Gasteiger partial charge in [0.1, 0.15) is 11.3 Å². The van der Waals surface area contributed by atoms with Gasteiger partial charge >= 0.3 is 0 Å². The third kappa shape index (κ3) is 3.45. The topological polar surface area (TPSA) is 127 Å². The number of thiophene rings is 1. The predicted octanol–water partition coefficient (Wildman–Crippen LogP) is 3.19. The number of amides is 1. The minimum Gasteiger partial charge on any atom is -0.322 e. The van der Waals surface area contributed by atoms with Crippen LogP contribution in [0.5, 0.6) is 0 Å². The number of benzene rings is 1. The summed E-state index contributed by atoms with van der Waals surface area (Å²) >= 11 is 4.77. The zero-order chi connectivity index (χ0) is 19.7. The summed E-state index contributed by atoms with van der Waals surface area (Å²) in [5, 5.41) is 21.6. The quantitative estimate of drug-likeness (QED) is 0.436. The molecule has 0 aliphatic carbocycles. The molecule has 3 aromatic heterocycles. The van der Waals surface area contributed by atoms with Crippen LogP contribution in [0.2, 0.25) is 0 Å². The molecule has 4 aromatic rings. The van der Waals surface area contributed by atoms with Crippen LogP contribution in [0.3, 0.4) is 0 Å². The van der Waals surface area contributed by atoms with Crippen LogP contribution in [0.15, 0.2) is 45.2 Å². The fourth-order valence-corrected chi connectivity index (χ4v) is 4.41. The monoisotopic (exact) mass is 454 g/mol. The van der Waals surface area contributed by atoms with E-state index in [1.807, 2.05) is 5.38 Å². The van der Waals surface area contributed by atoms with Crippen molar-refractivity contribution in [3.63, 3.8) is 0 Å². The Morgan fingerprint density at radius 3 is 2.96 bits per heavy atom. The Morgan fingerprint density at radius 2 is 2.21 bits per heavy atom. The number of fused-ring (bicyclic) bond motifs is 1. The van der Waals surface area contributed by atoms with E-state index in [9.17, 15) is 9.59 Å². The van der Waals surface area contributed by atoms with Crippen molar-refractivity contribution in [1.82, 2.24) is 20.2 Å². The SMILES string of the molecule is N#Cc1ccc2[nH]c(=O)c(CC(=O)Nc3scc(Br)c3-c3ncn[nH]3)cc2c1. The van der Waals surface area contributed by atoms with Gasteiger partial charge in [0.2, 0.25) is 5.91 Å². The Balaban J connectivity index is 1.61. The highest BCUT2D eigenvalue weighted by Crippen LogP contribution is 2.38. The van der Waals surface area contributed by atoms with Gasteiger partial charge in [-0.3, -0.25) is 14.7 Å². The molecule has 10 heteroatoms. The third-order valence-corrected chi connectivity index (χ3v) is 5.88. The number of H-pyrrole nitrogens is 2. The van der Waals surface area contributed by atoms with Crippen molar-refractivity contribution in [2.24, 2.45) is 0 Å². The first kappa shape index (κ1) is 18.1. The minimum atomic E-state index is -0.338. The summed E-state index contributed by atoms with van der Waals surface area (Å²) in [4.78, 5) is 31.7. The van der Waals surface area contributed by atoms with Crippen molar-refractivity contribution < 1.29 is 4.79 Å². The van der Waals surface area contributed by atoms with Gasteiger partial charge in [0.05, 0.1) is 23.6 Å². The Bertz CT molecular complexity index is 1290. The number of nitrogens with one attached hydrogen (secondary N) is 3. The predicted molar refractivity (Wildman–Crippen MR) is 109 cm³/mol. The number of aromatic amines is 2. The van der Waals surface area contributed by atoms with Crippen LogP contribution in [-0.4, -0.2) is 26.1 Å². The molecule has 0 aliphatic rings. The van der Waals surface area contributed by atoms with E-state index in [2.05, 4.69) is 47.5 Å². The van der Waals surface area contributed by atoms with Crippen molar-refractivity contribution >= 4 is 49.1 Å². The molecule has 1 aromatic carbocycles. The second-order valence-electron chi connectivity index (χ2n) is 5.88. The fourth-order valence-electron chi connectivity index (χ4n) is 2.77. The number of hydrogen-bond acceptors (Lipinski definition) is 6. The molecule has 3 heterocycles. The summed E-state index contributed by atoms with van der Waals surface area (Å²) < 4.78 is 0.775. The largest absolute Gasteiger partial charge is 0.322 e. The Hall–Kier alpha value is -3.29. The number of carbonyl (C=O) groups is 1. The van der Waals surface area contributed by atoms with E-state index in [1.54, 1.807) is 24.3 Å². The van der Waals surface area contributed by atoms with E-state index >= 15 is 0 Å². The van der Waals surface area contributed by atoms with Crippen molar-refractivity contribution in [2.75, 3.05) is 5.32 Å². The van der Waals surface area contributed by atoms with Crippen molar-refractivity contribution in [2.45, 2.75) is 6.42 Å². The maximum atomic E-state index is 12.6. The average Bonchev–Trinajstić information content (AvgIpc) is 3.31. The van der Waals surface area contributed by atoms with E-state index < -0.39 is 0 Å². The molecule has 1 amide bonds. The lowest BCUT2D eigenvalue weighted by atomic mass is 10.1. The molecule has 0 atom stereocenters. The van der Waals surface area contributed by atoms with Crippen LogP contribution >= 0.6 is 27.3 Å². The molecular weight excluding hydrogens is 444 g/mol. The third-order valence-electron chi connectivity index (χ3n) is 4.05. The summed E-state index contributed by atoms with van der Waals surface area (Å²) in [6, 6.07) is 8.67. The minimum absolute atomic E-state index is 0.104. The fraction of sp³-hybridized carbons (Fsp3) is 0.0556. The van der Waals surface area contributed by atoms with Gasteiger partial charge in [0.15, 0.2) is 5.82 Å². The standard InChI is InChI=1S/C18H11BrN6O2S/c19-12-7-28-18(15(12)16-21-8-22-25-16)24-14(26)5-11-4-10-3-9(6-20)1-2-13(10)23-17(11)27/h1-4,7-8H,5H2,(H,23,27)(H,24,26)(H,21,22,25). The Labute approximate surface area is 170 Å². The van der Waals surface area contributed by atoms with Gasteiger partial charge in [0, 0.05) is 20.9 Å². The number of nitriles is 1. The highest BCUT2D eigenvalue weighted by Gasteiger charge is 2.17. The number of carbonyl (C=O) groups excluding carboxylic acids is 1. The smallest absolute Gasteiger partial charge is 0.252 e. The van der Waals surface area contributed by atoms with Gasteiger partial charge in [-0.1, -0.05) is 0 Å². The summed E-state index contributed by atoms with van der Waals surface area (Å²) in [5.41, 5.74) is 1.77. The highest BCUT2D eigenvalue weighted by atomic mass is 79.9. The molecule has 0 spiro atoms. The summed E-state index contributed by atoms with van der Waals surface area (Å²) in [6.07, 6.45) is 1.28. The Kier molecular flexibility index (Phi) is 4.77. The van der Waals surface area contributed by atoms with Gasteiger partial charge < -0.3 is 10.3 Å². The second kappa shape index (κ2) is 7.38.